The number of nitrogens with one attached hydrogen (secondary N) is 1. The molecule has 1 aromatic rings. The molecule has 0 spiro atoms. The van der Waals surface area contributed by atoms with Gasteiger partial charge in [0, 0.05) is 19.3 Å². The summed E-state index contributed by atoms with van der Waals surface area (Å²) < 4.78 is 1.87. The van der Waals surface area contributed by atoms with Crippen molar-refractivity contribution in [1.29, 1.82) is 0 Å². The summed E-state index contributed by atoms with van der Waals surface area (Å²) in [6.07, 6.45) is 9.29. The van der Waals surface area contributed by atoms with Crippen LogP contribution >= 0.6 is 0 Å². The Kier molecular flexibility index (Phi) is 3.41. The average Bonchev–Trinajstić information content (AvgIpc) is 2.77. The molecule has 2 atom stereocenters. The van der Waals surface area contributed by atoms with Crippen LogP contribution in [0.15, 0.2) is 12.4 Å². The molecule has 0 aliphatic heterocycles. The molecule has 15 heavy (non-hydrogen) atoms. The van der Waals surface area contributed by atoms with Crippen molar-refractivity contribution in [2.24, 2.45) is 13.0 Å². The first kappa shape index (κ1) is 10.7. The fourth-order valence-electron chi connectivity index (χ4n) is 2.45. The molecule has 1 N–H and O–H groups in total. The molecule has 0 aromatic carbocycles. The van der Waals surface area contributed by atoms with Crippen molar-refractivity contribution >= 4 is 0 Å². The lowest BCUT2D eigenvalue weighted by atomic mass is 10.1. The second-order valence-electron chi connectivity index (χ2n) is 4.74. The Bertz CT molecular complexity index is 306. The Labute approximate surface area is 91.9 Å². The number of nitrogens with zero attached hydrogens (tertiary/aromatic N) is 2. The number of aromatic nitrogens is 2. The van der Waals surface area contributed by atoms with Gasteiger partial charge in [-0.25, -0.2) is 0 Å². The van der Waals surface area contributed by atoms with E-state index in [1.54, 1.807) is 0 Å². The molecule has 1 aromatic heterocycles. The second kappa shape index (κ2) is 4.79. The van der Waals surface area contributed by atoms with Crippen molar-refractivity contribution in [2.45, 2.75) is 38.6 Å². The third kappa shape index (κ3) is 2.81. The van der Waals surface area contributed by atoms with Crippen LogP contribution in [0.1, 0.15) is 31.7 Å². The Balaban J connectivity index is 1.70. The fourth-order valence-corrected chi connectivity index (χ4v) is 2.45. The first-order valence-electron chi connectivity index (χ1n) is 5.96. The lowest BCUT2D eigenvalue weighted by Crippen LogP contribution is -2.32. The van der Waals surface area contributed by atoms with Crippen LogP contribution in [0.3, 0.4) is 0 Å². The first-order valence-corrected chi connectivity index (χ1v) is 5.96. The van der Waals surface area contributed by atoms with E-state index in [1.807, 2.05) is 17.9 Å². The zero-order valence-electron chi connectivity index (χ0n) is 9.74. The highest BCUT2D eigenvalue weighted by molar-refractivity contribution is 5.04. The van der Waals surface area contributed by atoms with Gasteiger partial charge in [-0.05, 0) is 37.3 Å². The largest absolute Gasteiger partial charge is 0.313 e. The molecule has 1 aliphatic rings. The monoisotopic (exact) mass is 207 g/mol. The van der Waals surface area contributed by atoms with Crippen molar-refractivity contribution in [3.05, 3.63) is 18.0 Å². The van der Waals surface area contributed by atoms with Crippen LogP contribution in [0.25, 0.3) is 0 Å². The molecule has 3 heteroatoms. The third-order valence-corrected chi connectivity index (χ3v) is 3.44. The minimum absolute atomic E-state index is 0.752. The van der Waals surface area contributed by atoms with Gasteiger partial charge in [0.05, 0.1) is 6.20 Å². The molecule has 84 valence electrons. The highest BCUT2D eigenvalue weighted by Gasteiger charge is 2.22. The van der Waals surface area contributed by atoms with Gasteiger partial charge in [-0.15, -0.1) is 0 Å². The van der Waals surface area contributed by atoms with E-state index >= 15 is 0 Å². The number of hydrogen-bond donors (Lipinski definition) is 1. The van der Waals surface area contributed by atoms with Gasteiger partial charge in [0.15, 0.2) is 0 Å². The molecular weight excluding hydrogens is 186 g/mol. The van der Waals surface area contributed by atoms with E-state index < -0.39 is 0 Å². The van der Waals surface area contributed by atoms with Crippen molar-refractivity contribution in [3.8, 4) is 0 Å². The Morgan fingerprint density at radius 3 is 3.00 bits per heavy atom. The molecule has 2 rings (SSSR count). The molecule has 1 heterocycles. The number of rotatable bonds is 4. The highest BCUT2D eigenvalue weighted by Crippen LogP contribution is 2.24. The molecule has 0 radical (unpaired) electrons. The van der Waals surface area contributed by atoms with Gasteiger partial charge in [0.25, 0.3) is 0 Å². The van der Waals surface area contributed by atoms with Gasteiger partial charge in [-0.3, -0.25) is 4.68 Å². The second-order valence-corrected chi connectivity index (χ2v) is 4.74. The van der Waals surface area contributed by atoms with Crippen LogP contribution in [-0.2, 0) is 13.5 Å². The minimum Gasteiger partial charge on any atom is -0.313 e. The van der Waals surface area contributed by atoms with E-state index in [0.29, 0.717) is 0 Å². The summed E-state index contributed by atoms with van der Waals surface area (Å²) >= 11 is 0. The van der Waals surface area contributed by atoms with E-state index in [9.17, 15) is 0 Å². The summed E-state index contributed by atoms with van der Waals surface area (Å²) in [5.74, 6) is 0.860. The topological polar surface area (TPSA) is 29.9 Å². The van der Waals surface area contributed by atoms with E-state index in [1.165, 1.54) is 24.8 Å². The summed E-state index contributed by atoms with van der Waals surface area (Å²) in [6, 6.07) is 0.752. The molecule has 1 fully saturated rings. The Morgan fingerprint density at radius 1 is 1.53 bits per heavy atom. The quantitative estimate of drug-likeness (QED) is 0.815. The normalized spacial score (nSPS) is 26.0. The van der Waals surface area contributed by atoms with Gasteiger partial charge >= 0.3 is 0 Å². The molecule has 0 saturated heterocycles. The molecule has 0 amide bonds. The lowest BCUT2D eigenvalue weighted by molar-refractivity contribution is 0.430. The first-order chi connectivity index (χ1) is 7.25. The molecule has 3 nitrogen and oxygen atoms in total. The molecular formula is C12H21N3. The van der Waals surface area contributed by atoms with Crippen LogP contribution < -0.4 is 5.32 Å². The van der Waals surface area contributed by atoms with Crippen LogP contribution in [0.5, 0.6) is 0 Å². The summed E-state index contributed by atoms with van der Waals surface area (Å²) in [6.45, 7) is 3.44. The summed E-state index contributed by atoms with van der Waals surface area (Å²) in [5, 5.41) is 7.82. The van der Waals surface area contributed by atoms with Crippen LogP contribution in [0.4, 0.5) is 0 Å². The summed E-state index contributed by atoms with van der Waals surface area (Å²) in [5.41, 5.74) is 1.33. The van der Waals surface area contributed by atoms with Gasteiger partial charge in [-0.1, -0.05) is 13.3 Å². The smallest absolute Gasteiger partial charge is 0.0522 e. The zero-order chi connectivity index (χ0) is 10.7. The maximum atomic E-state index is 4.17. The standard InChI is InChI=1S/C12H21N3/c1-10-4-3-5-12(10)13-7-6-11-8-14-15(2)9-11/h8-10,12-13H,3-7H2,1-2H3. The Morgan fingerprint density at radius 2 is 2.40 bits per heavy atom. The van der Waals surface area contributed by atoms with Crippen molar-refractivity contribution in [1.82, 2.24) is 15.1 Å². The van der Waals surface area contributed by atoms with Gasteiger partial charge in [0.1, 0.15) is 0 Å². The maximum Gasteiger partial charge on any atom is 0.0522 e. The summed E-state index contributed by atoms with van der Waals surface area (Å²) in [7, 11) is 1.97. The van der Waals surface area contributed by atoms with Gasteiger partial charge < -0.3 is 5.32 Å². The van der Waals surface area contributed by atoms with E-state index in [4.69, 9.17) is 0 Å². The molecule has 0 bridgehead atoms. The van der Waals surface area contributed by atoms with E-state index in [-0.39, 0.29) is 0 Å². The molecule has 2 unspecified atom stereocenters. The lowest BCUT2D eigenvalue weighted by Gasteiger charge is -2.16. The predicted molar refractivity (Wildman–Crippen MR) is 61.7 cm³/mol. The third-order valence-electron chi connectivity index (χ3n) is 3.44. The average molecular weight is 207 g/mol. The van der Waals surface area contributed by atoms with Crippen molar-refractivity contribution in [3.63, 3.8) is 0 Å². The predicted octanol–water partition coefficient (Wildman–Crippen LogP) is 1.74. The minimum atomic E-state index is 0.752. The van der Waals surface area contributed by atoms with Crippen LogP contribution in [-0.4, -0.2) is 22.4 Å². The number of aryl methyl sites for hydroxylation is 1. The molecule has 1 aliphatic carbocycles. The van der Waals surface area contributed by atoms with Gasteiger partial charge in [-0.2, -0.15) is 5.10 Å². The fraction of sp³-hybridized carbons (Fsp3) is 0.750. The Hall–Kier alpha value is -0.830. The van der Waals surface area contributed by atoms with Crippen LogP contribution in [0.2, 0.25) is 0 Å². The number of hydrogen-bond acceptors (Lipinski definition) is 2. The van der Waals surface area contributed by atoms with Crippen LogP contribution in [0, 0.1) is 5.92 Å². The SMILES string of the molecule is CC1CCCC1NCCc1cnn(C)c1. The van der Waals surface area contributed by atoms with Gasteiger partial charge in [0.2, 0.25) is 0 Å². The van der Waals surface area contributed by atoms with Crippen molar-refractivity contribution < 1.29 is 0 Å². The molecule has 1 saturated carbocycles. The zero-order valence-corrected chi connectivity index (χ0v) is 9.74. The summed E-state index contributed by atoms with van der Waals surface area (Å²) in [4.78, 5) is 0. The maximum absolute atomic E-state index is 4.17. The van der Waals surface area contributed by atoms with E-state index in [0.717, 1.165) is 24.9 Å². The van der Waals surface area contributed by atoms with Crippen molar-refractivity contribution in [2.75, 3.05) is 6.54 Å². The van der Waals surface area contributed by atoms with E-state index in [2.05, 4.69) is 23.5 Å². The highest BCUT2D eigenvalue weighted by atomic mass is 15.2.